The van der Waals surface area contributed by atoms with Gasteiger partial charge >= 0.3 is 0 Å². The molecule has 2 rings (SSSR count). The highest BCUT2D eigenvalue weighted by Crippen LogP contribution is 2.35. The molecule has 3 heteroatoms. The van der Waals surface area contributed by atoms with Crippen molar-refractivity contribution in [1.82, 2.24) is 0 Å². The molecule has 2 aromatic carbocycles. The monoisotopic (exact) mass is 382 g/mol. The van der Waals surface area contributed by atoms with Crippen molar-refractivity contribution in [2.45, 2.75) is 18.2 Å². The molecule has 0 heterocycles. The summed E-state index contributed by atoms with van der Waals surface area (Å²) in [6, 6.07) is 14.7. The molecular weight excluding hydrogens is 368 g/mol. The van der Waals surface area contributed by atoms with Crippen LogP contribution in [0.2, 0.25) is 0 Å². The van der Waals surface area contributed by atoms with Crippen molar-refractivity contribution in [1.29, 1.82) is 0 Å². The van der Waals surface area contributed by atoms with Gasteiger partial charge < -0.3 is 4.74 Å². The maximum absolute atomic E-state index is 5.43. The molecule has 0 radical (unpaired) electrons. The van der Waals surface area contributed by atoms with E-state index in [-0.39, 0.29) is 4.83 Å². The summed E-state index contributed by atoms with van der Waals surface area (Å²) in [6.45, 7) is 2.12. The molecule has 0 spiro atoms. The average Bonchev–Trinajstić information content (AvgIpc) is 2.38. The third-order valence-electron chi connectivity index (χ3n) is 3.03. The fraction of sp³-hybridized carbons (Fsp3) is 0.250. The van der Waals surface area contributed by atoms with Gasteiger partial charge in [0.25, 0.3) is 0 Å². The van der Waals surface area contributed by atoms with E-state index in [1.165, 1.54) is 16.7 Å². The summed E-state index contributed by atoms with van der Waals surface area (Å²) in [6.07, 6.45) is 0.939. The van der Waals surface area contributed by atoms with Crippen LogP contribution in [-0.2, 0) is 6.42 Å². The van der Waals surface area contributed by atoms with Crippen LogP contribution in [0.4, 0.5) is 0 Å². The molecule has 0 aliphatic carbocycles. The molecule has 0 saturated heterocycles. The van der Waals surface area contributed by atoms with E-state index in [0.717, 1.165) is 16.6 Å². The fourth-order valence-electron chi connectivity index (χ4n) is 2.11. The highest BCUT2D eigenvalue weighted by atomic mass is 79.9. The molecule has 100 valence electrons. The van der Waals surface area contributed by atoms with Gasteiger partial charge in [-0.2, -0.15) is 0 Å². The largest absolute Gasteiger partial charge is 0.496 e. The van der Waals surface area contributed by atoms with E-state index in [4.69, 9.17) is 4.74 Å². The second-order valence-electron chi connectivity index (χ2n) is 4.55. The lowest BCUT2D eigenvalue weighted by atomic mass is 10.0. The van der Waals surface area contributed by atoms with Gasteiger partial charge in [0.2, 0.25) is 0 Å². The molecular formula is C16H16Br2O. The Morgan fingerprint density at radius 1 is 1.16 bits per heavy atom. The van der Waals surface area contributed by atoms with E-state index < -0.39 is 0 Å². The van der Waals surface area contributed by atoms with Gasteiger partial charge in [-0.25, -0.2) is 0 Å². The van der Waals surface area contributed by atoms with Crippen LogP contribution in [0.5, 0.6) is 5.75 Å². The van der Waals surface area contributed by atoms with Gasteiger partial charge in [-0.3, -0.25) is 0 Å². The van der Waals surface area contributed by atoms with Crippen LogP contribution in [0, 0.1) is 6.92 Å². The highest BCUT2D eigenvalue weighted by Gasteiger charge is 2.14. The minimum absolute atomic E-state index is 0.238. The second kappa shape index (κ2) is 6.58. The third kappa shape index (κ3) is 3.83. The lowest BCUT2D eigenvalue weighted by Crippen LogP contribution is -1.99. The summed E-state index contributed by atoms with van der Waals surface area (Å²) < 4.78 is 6.50. The van der Waals surface area contributed by atoms with Gasteiger partial charge in [-0.05, 0) is 37.1 Å². The zero-order chi connectivity index (χ0) is 13.8. The number of aryl methyl sites for hydroxylation is 1. The predicted octanol–water partition coefficient (Wildman–Crippen LogP) is 5.44. The maximum Gasteiger partial charge on any atom is 0.123 e. The van der Waals surface area contributed by atoms with Gasteiger partial charge in [0.05, 0.1) is 7.11 Å². The minimum atomic E-state index is 0.238. The summed E-state index contributed by atoms with van der Waals surface area (Å²) in [4.78, 5) is 0.238. The van der Waals surface area contributed by atoms with E-state index >= 15 is 0 Å². The molecule has 1 unspecified atom stereocenters. The number of hydrogen-bond donors (Lipinski definition) is 0. The number of hydrogen-bond acceptors (Lipinski definition) is 1. The van der Waals surface area contributed by atoms with Gasteiger partial charge in [0, 0.05) is 14.9 Å². The zero-order valence-corrected chi connectivity index (χ0v) is 14.2. The minimum Gasteiger partial charge on any atom is -0.496 e. The Morgan fingerprint density at radius 3 is 2.63 bits per heavy atom. The first-order valence-electron chi connectivity index (χ1n) is 6.13. The van der Waals surface area contributed by atoms with Gasteiger partial charge in [0.15, 0.2) is 0 Å². The number of benzene rings is 2. The summed E-state index contributed by atoms with van der Waals surface area (Å²) in [5, 5.41) is 0. The Hall–Kier alpha value is -0.800. The quantitative estimate of drug-likeness (QED) is 0.638. The number of halogens is 2. The van der Waals surface area contributed by atoms with Gasteiger partial charge in [0.1, 0.15) is 5.75 Å². The Morgan fingerprint density at radius 2 is 1.95 bits per heavy atom. The van der Waals surface area contributed by atoms with E-state index in [9.17, 15) is 0 Å². The SMILES string of the molecule is COc1ccc(Br)cc1C(Br)Cc1cccc(C)c1. The molecule has 0 fully saturated rings. The van der Waals surface area contributed by atoms with E-state index in [2.05, 4.69) is 69.1 Å². The molecule has 0 saturated carbocycles. The summed E-state index contributed by atoms with van der Waals surface area (Å²) in [5.41, 5.74) is 3.78. The van der Waals surface area contributed by atoms with Crippen molar-refractivity contribution < 1.29 is 4.74 Å². The lowest BCUT2D eigenvalue weighted by molar-refractivity contribution is 0.409. The molecule has 19 heavy (non-hydrogen) atoms. The van der Waals surface area contributed by atoms with Gasteiger partial charge in [-0.15, -0.1) is 0 Å². The van der Waals surface area contributed by atoms with E-state index in [1.807, 2.05) is 12.1 Å². The molecule has 0 aromatic heterocycles. The number of rotatable bonds is 4. The lowest BCUT2D eigenvalue weighted by Gasteiger charge is -2.15. The summed E-state index contributed by atoms with van der Waals surface area (Å²) in [5.74, 6) is 0.915. The molecule has 1 nitrogen and oxygen atoms in total. The van der Waals surface area contributed by atoms with Crippen molar-refractivity contribution in [2.24, 2.45) is 0 Å². The number of methoxy groups -OCH3 is 1. The fourth-order valence-corrected chi connectivity index (χ4v) is 3.22. The first kappa shape index (κ1) is 14.6. The topological polar surface area (TPSA) is 9.23 Å². The van der Waals surface area contributed by atoms with Crippen LogP contribution < -0.4 is 4.74 Å². The molecule has 0 N–H and O–H groups in total. The first-order chi connectivity index (χ1) is 9.10. The van der Waals surface area contributed by atoms with Crippen molar-refractivity contribution >= 4 is 31.9 Å². The van der Waals surface area contributed by atoms with E-state index in [1.54, 1.807) is 7.11 Å². The third-order valence-corrected chi connectivity index (χ3v) is 4.34. The maximum atomic E-state index is 5.43. The van der Waals surface area contributed by atoms with Crippen molar-refractivity contribution in [3.63, 3.8) is 0 Å². The normalized spacial score (nSPS) is 12.2. The molecule has 0 bridgehead atoms. The first-order valence-corrected chi connectivity index (χ1v) is 7.84. The molecule has 2 aromatic rings. The summed E-state index contributed by atoms with van der Waals surface area (Å²) >= 11 is 7.29. The zero-order valence-electron chi connectivity index (χ0n) is 11.0. The van der Waals surface area contributed by atoms with Crippen molar-refractivity contribution in [3.8, 4) is 5.75 Å². The Kier molecular flexibility index (Phi) is 5.06. The highest BCUT2D eigenvalue weighted by molar-refractivity contribution is 9.10. The standard InChI is InChI=1S/C16H16Br2O/c1-11-4-3-5-12(8-11)9-15(18)14-10-13(17)6-7-16(14)19-2/h3-8,10,15H,9H2,1-2H3. The number of ether oxygens (including phenoxy) is 1. The smallest absolute Gasteiger partial charge is 0.123 e. The van der Waals surface area contributed by atoms with Crippen molar-refractivity contribution in [2.75, 3.05) is 7.11 Å². The average molecular weight is 384 g/mol. The van der Waals surface area contributed by atoms with Crippen LogP contribution in [-0.4, -0.2) is 7.11 Å². The summed E-state index contributed by atoms with van der Waals surface area (Å²) in [7, 11) is 1.71. The molecule has 0 aliphatic heterocycles. The predicted molar refractivity (Wildman–Crippen MR) is 87.2 cm³/mol. The second-order valence-corrected chi connectivity index (χ2v) is 6.57. The van der Waals surface area contributed by atoms with Crippen LogP contribution in [0.3, 0.4) is 0 Å². The van der Waals surface area contributed by atoms with Gasteiger partial charge in [-0.1, -0.05) is 61.7 Å². The van der Waals surface area contributed by atoms with Crippen LogP contribution in [0.25, 0.3) is 0 Å². The number of alkyl halides is 1. The molecule has 1 atom stereocenters. The Balaban J connectivity index is 2.24. The van der Waals surface area contributed by atoms with Crippen LogP contribution >= 0.6 is 31.9 Å². The molecule has 0 amide bonds. The Bertz CT molecular complexity index is 566. The van der Waals surface area contributed by atoms with Crippen LogP contribution in [0.1, 0.15) is 21.5 Å². The molecule has 0 aliphatic rings. The van der Waals surface area contributed by atoms with Crippen molar-refractivity contribution in [3.05, 3.63) is 63.6 Å². The van der Waals surface area contributed by atoms with E-state index in [0.29, 0.717) is 0 Å². The van der Waals surface area contributed by atoms with Crippen LogP contribution in [0.15, 0.2) is 46.9 Å². The Labute approximate surface area is 131 Å².